The van der Waals surface area contributed by atoms with Crippen molar-refractivity contribution in [1.82, 2.24) is 15.0 Å². The fourth-order valence-corrected chi connectivity index (χ4v) is 1.84. The topological polar surface area (TPSA) is 74.5 Å². The fourth-order valence-electron chi connectivity index (χ4n) is 1.84. The maximum atomic E-state index is 9.35. The number of hydrogen-bond acceptors (Lipinski definition) is 5. The maximum absolute atomic E-state index is 9.35. The number of nitriles is 1. The van der Waals surface area contributed by atoms with Crippen LogP contribution in [0, 0.1) is 11.3 Å². The van der Waals surface area contributed by atoms with Gasteiger partial charge < -0.3 is 5.32 Å². The van der Waals surface area contributed by atoms with E-state index in [2.05, 4.69) is 26.3 Å². The molecule has 2 heterocycles. The molecule has 5 heteroatoms. The number of anilines is 1. The Morgan fingerprint density at radius 2 is 2.05 bits per heavy atom. The average molecular weight is 251 g/mol. The molecule has 1 saturated carbocycles. The highest BCUT2D eigenvalue weighted by Gasteiger charge is 2.23. The SMILES string of the molecule is N#CC(c1ccccn1)c1ccnc(NC2CC2)n1. The predicted octanol–water partition coefficient (Wildman–Crippen LogP) is 2.10. The summed E-state index contributed by atoms with van der Waals surface area (Å²) < 4.78 is 0. The lowest BCUT2D eigenvalue weighted by Gasteiger charge is -2.09. The van der Waals surface area contributed by atoms with Gasteiger partial charge in [0, 0.05) is 18.4 Å². The quantitative estimate of drug-likeness (QED) is 0.900. The van der Waals surface area contributed by atoms with E-state index in [4.69, 9.17) is 0 Å². The van der Waals surface area contributed by atoms with E-state index in [0.29, 0.717) is 23.4 Å². The van der Waals surface area contributed by atoms with Gasteiger partial charge in [0.05, 0.1) is 17.5 Å². The third-order valence-corrected chi connectivity index (χ3v) is 3.00. The molecule has 2 aromatic rings. The van der Waals surface area contributed by atoms with Gasteiger partial charge in [0.15, 0.2) is 0 Å². The zero-order valence-corrected chi connectivity index (χ0v) is 10.3. The molecule has 1 unspecified atom stereocenters. The fraction of sp³-hybridized carbons (Fsp3) is 0.286. The van der Waals surface area contributed by atoms with Crippen molar-refractivity contribution in [3.63, 3.8) is 0 Å². The molecule has 3 rings (SSSR count). The average Bonchev–Trinajstić information content (AvgIpc) is 3.25. The molecule has 0 spiro atoms. The molecular formula is C14H13N5. The highest BCUT2D eigenvalue weighted by Crippen LogP contribution is 2.24. The van der Waals surface area contributed by atoms with E-state index in [1.54, 1.807) is 18.5 Å². The van der Waals surface area contributed by atoms with Crippen LogP contribution in [0.15, 0.2) is 36.7 Å². The minimum Gasteiger partial charge on any atom is -0.351 e. The lowest BCUT2D eigenvalue weighted by molar-refractivity contribution is 0.898. The second-order valence-corrected chi connectivity index (χ2v) is 4.54. The van der Waals surface area contributed by atoms with Crippen LogP contribution in [0.2, 0.25) is 0 Å². The van der Waals surface area contributed by atoms with E-state index in [0.717, 1.165) is 12.8 Å². The van der Waals surface area contributed by atoms with E-state index < -0.39 is 5.92 Å². The Morgan fingerprint density at radius 1 is 1.16 bits per heavy atom. The minimum atomic E-state index is -0.455. The first-order valence-electron chi connectivity index (χ1n) is 6.27. The summed E-state index contributed by atoms with van der Waals surface area (Å²) >= 11 is 0. The Kier molecular flexibility index (Phi) is 3.07. The zero-order valence-electron chi connectivity index (χ0n) is 10.3. The molecule has 94 valence electrons. The van der Waals surface area contributed by atoms with Crippen LogP contribution in [0.3, 0.4) is 0 Å². The van der Waals surface area contributed by atoms with Gasteiger partial charge in [-0.15, -0.1) is 0 Å². The largest absolute Gasteiger partial charge is 0.351 e. The molecule has 0 aromatic carbocycles. The summed E-state index contributed by atoms with van der Waals surface area (Å²) in [6.45, 7) is 0. The monoisotopic (exact) mass is 251 g/mol. The van der Waals surface area contributed by atoms with Crippen LogP contribution in [-0.4, -0.2) is 21.0 Å². The lowest BCUT2D eigenvalue weighted by Crippen LogP contribution is -2.09. The first kappa shape index (κ1) is 11.6. The molecule has 1 atom stereocenters. The number of aromatic nitrogens is 3. The van der Waals surface area contributed by atoms with Gasteiger partial charge >= 0.3 is 0 Å². The van der Waals surface area contributed by atoms with Crippen molar-refractivity contribution in [2.45, 2.75) is 24.8 Å². The molecule has 1 aliphatic carbocycles. The number of pyridine rings is 1. The second kappa shape index (κ2) is 5.02. The van der Waals surface area contributed by atoms with Crippen molar-refractivity contribution >= 4 is 5.95 Å². The Hall–Kier alpha value is -2.48. The summed E-state index contributed by atoms with van der Waals surface area (Å²) in [7, 11) is 0. The summed E-state index contributed by atoms with van der Waals surface area (Å²) in [5, 5.41) is 12.6. The Bertz CT molecular complexity index is 601. The normalized spacial score (nSPS) is 15.5. The van der Waals surface area contributed by atoms with Gasteiger partial charge in [0.25, 0.3) is 0 Å². The standard InChI is InChI=1S/C14H13N5/c15-9-11(12-3-1-2-7-16-12)13-6-8-17-14(19-13)18-10-4-5-10/h1-3,6-8,10-11H,4-5H2,(H,17,18,19). The second-order valence-electron chi connectivity index (χ2n) is 4.54. The van der Waals surface area contributed by atoms with Crippen molar-refractivity contribution in [3.8, 4) is 6.07 Å². The van der Waals surface area contributed by atoms with Crippen LogP contribution < -0.4 is 5.32 Å². The van der Waals surface area contributed by atoms with Gasteiger partial charge in [0.2, 0.25) is 5.95 Å². The van der Waals surface area contributed by atoms with Crippen molar-refractivity contribution in [2.75, 3.05) is 5.32 Å². The molecule has 2 aromatic heterocycles. The minimum absolute atomic E-state index is 0.455. The van der Waals surface area contributed by atoms with Crippen LogP contribution in [0.5, 0.6) is 0 Å². The van der Waals surface area contributed by atoms with Gasteiger partial charge in [-0.25, -0.2) is 9.97 Å². The van der Waals surface area contributed by atoms with Crippen LogP contribution in [-0.2, 0) is 0 Å². The van der Waals surface area contributed by atoms with Gasteiger partial charge in [-0.2, -0.15) is 5.26 Å². The first-order valence-corrected chi connectivity index (χ1v) is 6.27. The number of hydrogen-bond donors (Lipinski definition) is 1. The van der Waals surface area contributed by atoms with Gasteiger partial charge in [-0.3, -0.25) is 4.98 Å². The third-order valence-electron chi connectivity index (χ3n) is 3.00. The van der Waals surface area contributed by atoms with Crippen LogP contribution >= 0.6 is 0 Å². The molecule has 0 radical (unpaired) electrons. The van der Waals surface area contributed by atoms with E-state index in [9.17, 15) is 5.26 Å². The first-order chi connectivity index (χ1) is 9.36. The molecule has 0 amide bonds. The van der Waals surface area contributed by atoms with Crippen molar-refractivity contribution < 1.29 is 0 Å². The third kappa shape index (κ3) is 2.68. The van der Waals surface area contributed by atoms with Gasteiger partial charge in [-0.1, -0.05) is 6.07 Å². The van der Waals surface area contributed by atoms with Crippen molar-refractivity contribution in [2.24, 2.45) is 0 Å². The van der Waals surface area contributed by atoms with Crippen molar-refractivity contribution in [1.29, 1.82) is 5.26 Å². The summed E-state index contributed by atoms with van der Waals surface area (Å²) in [4.78, 5) is 12.8. The summed E-state index contributed by atoms with van der Waals surface area (Å²) in [6, 6.07) is 10.0. The van der Waals surface area contributed by atoms with E-state index >= 15 is 0 Å². The molecule has 0 saturated heterocycles. The van der Waals surface area contributed by atoms with E-state index in [-0.39, 0.29) is 0 Å². The Morgan fingerprint density at radius 3 is 2.74 bits per heavy atom. The van der Waals surface area contributed by atoms with Crippen LogP contribution in [0.1, 0.15) is 30.1 Å². The molecule has 1 fully saturated rings. The van der Waals surface area contributed by atoms with E-state index in [1.807, 2.05) is 18.2 Å². The molecule has 5 nitrogen and oxygen atoms in total. The molecule has 0 aliphatic heterocycles. The molecule has 1 N–H and O–H groups in total. The van der Waals surface area contributed by atoms with E-state index in [1.165, 1.54) is 0 Å². The Balaban J connectivity index is 1.89. The summed E-state index contributed by atoms with van der Waals surface area (Å²) in [5.41, 5.74) is 1.39. The molecule has 0 bridgehead atoms. The van der Waals surface area contributed by atoms with Crippen molar-refractivity contribution in [3.05, 3.63) is 48.0 Å². The highest BCUT2D eigenvalue weighted by molar-refractivity contribution is 5.35. The summed E-state index contributed by atoms with van der Waals surface area (Å²) in [6.07, 6.45) is 5.69. The number of nitrogens with zero attached hydrogens (tertiary/aromatic N) is 4. The highest BCUT2D eigenvalue weighted by atomic mass is 15.1. The molecular weight excluding hydrogens is 238 g/mol. The van der Waals surface area contributed by atoms with Crippen LogP contribution in [0.4, 0.5) is 5.95 Å². The predicted molar refractivity (Wildman–Crippen MR) is 70.4 cm³/mol. The van der Waals surface area contributed by atoms with Crippen LogP contribution in [0.25, 0.3) is 0 Å². The maximum Gasteiger partial charge on any atom is 0.223 e. The molecule has 19 heavy (non-hydrogen) atoms. The number of rotatable bonds is 4. The lowest BCUT2D eigenvalue weighted by atomic mass is 10.0. The smallest absolute Gasteiger partial charge is 0.223 e. The summed E-state index contributed by atoms with van der Waals surface area (Å²) in [5.74, 6) is 0.139. The molecule has 1 aliphatic rings. The van der Waals surface area contributed by atoms with Gasteiger partial charge in [-0.05, 0) is 31.0 Å². The Labute approximate surface area is 111 Å². The van der Waals surface area contributed by atoms with Gasteiger partial charge in [0.1, 0.15) is 5.92 Å². The number of nitrogens with one attached hydrogen (secondary N) is 1. The zero-order chi connectivity index (χ0) is 13.1.